The van der Waals surface area contributed by atoms with Gasteiger partial charge in [-0.1, -0.05) is 0 Å². The van der Waals surface area contributed by atoms with E-state index in [4.69, 9.17) is 0 Å². The normalized spacial score (nSPS) is 37.6. The number of rotatable bonds is 3. The molecule has 3 N–H and O–H groups in total. The van der Waals surface area contributed by atoms with Crippen LogP contribution >= 0.6 is 0 Å². The summed E-state index contributed by atoms with van der Waals surface area (Å²) in [6, 6.07) is 1.30. The van der Waals surface area contributed by atoms with Gasteiger partial charge in [-0.25, -0.2) is 4.79 Å². The minimum Gasteiger partial charge on any atom is -0.396 e. The molecule has 0 aliphatic heterocycles. The number of nitrogens with zero attached hydrogens (tertiary/aromatic N) is 1. The Morgan fingerprint density at radius 3 is 2.78 bits per heavy atom. The monoisotopic (exact) mass is 252 g/mol. The van der Waals surface area contributed by atoms with Gasteiger partial charge in [0.25, 0.3) is 5.56 Å². The molecule has 6 heteroatoms. The van der Waals surface area contributed by atoms with Gasteiger partial charge in [0.15, 0.2) is 0 Å². The SMILES string of the molecule is O=c1ccn([C@H]2C[C@H](CO)[C@]3(CO)C[C@H]23)c(=O)[nH]1. The van der Waals surface area contributed by atoms with Crippen LogP contribution in [0.25, 0.3) is 0 Å². The molecule has 2 saturated carbocycles. The number of hydrogen-bond acceptors (Lipinski definition) is 4. The fourth-order valence-corrected chi connectivity index (χ4v) is 3.59. The molecule has 2 aliphatic carbocycles. The van der Waals surface area contributed by atoms with E-state index in [0.717, 1.165) is 6.42 Å². The molecule has 1 aromatic heterocycles. The molecular weight excluding hydrogens is 236 g/mol. The van der Waals surface area contributed by atoms with Crippen molar-refractivity contribution in [1.29, 1.82) is 0 Å². The Balaban J connectivity index is 1.96. The largest absolute Gasteiger partial charge is 0.396 e. The summed E-state index contributed by atoms with van der Waals surface area (Å²) in [5.41, 5.74) is -1.03. The van der Waals surface area contributed by atoms with Crippen molar-refractivity contribution in [1.82, 2.24) is 9.55 Å². The molecular formula is C12H16N2O4. The number of H-pyrrole nitrogens is 1. The van der Waals surface area contributed by atoms with Gasteiger partial charge >= 0.3 is 5.69 Å². The lowest BCUT2D eigenvalue weighted by molar-refractivity contribution is 0.112. The van der Waals surface area contributed by atoms with Crippen molar-refractivity contribution in [2.45, 2.75) is 18.9 Å². The Morgan fingerprint density at radius 2 is 2.22 bits per heavy atom. The minimum atomic E-state index is -0.412. The zero-order valence-corrected chi connectivity index (χ0v) is 9.87. The van der Waals surface area contributed by atoms with Crippen molar-refractivity contribution in [3.05, 3.63) is 33.1 Å². The molecule has 4 atom stereocenters. The van der Waals surface area contributed by atoms with Gasteiger partial charge in [0.2, 0.25) is 0 Å². The van der Waals surface area contributed by atoms with Gasteiger partial charge in [-0.15, -0.1) is 0 Å². The summed E-state index contributed by atoms with van der Waals surface area (Å²) in [5.74, 6) is 0.264. The van der Waals surface area contributed by atoms with Gasteiger partial charge in [0.05, 0.1) is 0 Å². The van der Waals surface area contributed by atoms with E-state index >= 15 is 0 Å². The number of aliphatic hydroxyl groups is 2. The average Bonchev–Trinajstić information content (AvgIpc) is 3.01. The fraction of sp³-hybridized carbons (Fsp3) is 0.667. The van der Waals surface area contributed by atoms with Crippen molar-refractivity contribution < 1.29 is 10.2 Å². The van der Waals surface area contributed by atoms with E-state index in [1.54, 1.807) is 0 Å². The van der Waals surface area contributed by atoms with Crippen molar-refractivity contribution in [2.24, 2.45) is 17.3 Å². The van der Waals surface area contributed by atoms with E-state index in [-0.39, 0.29) is 36.5 Å². The van der Waals surface area contributed by atoms with Crippen molar-refractivity contribution >= 4 is 0 Å². The van der Waals surface area contributed by atoms with Crippen LogP contribution in [-0.4, -0.2) is 33.0 Å². The van der Waals surface area contributed by atoms with Crippen molar-refractivity contribution in [2.75, 3.05) is 13.2 Å². The molecule has 1 heterocycles. The van der Waals surface area contributed by atoms with Crippen LogP contribution in [-0.2, 0) is 0 Å². The van der Waals surface area contributed by atoms with Gasteiger partial charge in [0.1, 0.15) is 0 Å². The van der Waals surface area contributed by atoms with E-state index < -0.39 is 11.2 Å². The first kappa shape index (κ1) is 11.7. The number of nitrogens with one attached hydrogen (secondary N) is 1. The lowest BCUT2D eigenvalue weighted by Gasteiger charge is -2.19. The predicted molar refractivity (Wildman–Crippen MR) is 63.2 cm³/mol. The van der Waals surface area contributed by atoms with Crippen LogP contribution in [0, 0.1) is 17.3 Å². The molecule has 6 nitrogen and oxygen atoms in total. The van der Waals surface area contributed by atoms with Crippen LogP contribution in [0.4, 0.5) is 0 Å². The van der Waals surface area contributed by atoms with Crippen LogP contribution in [0.3, 0.4) is 0 Å². The predicted octanol–water partition coefficient (Wildman–Crippen LogP) is -0.912. The second kappa shape index (κ2) is 3.80. The van der Waals surface area contributed by atoms with Crippen molar-refractivity contribution in [3.8, 4) is 0 Å². The second-order valence-corrected chi connectivity index (χ2v) is 5.40. The van der Waals surface area contributed by atoms with Crippen LogP contribution in [0.5, 0.6) is 0 Å². The Kier molecular flexibility index (Phi) is 2.46. The number of aromatic amines is 1. The molecule has 3 rings (SSSR count). The second-order valence-electron chi connectivity index (χ2n) is 5.40. The summed E-state index contributed by atoms with van der Waals surface area (Å²) < 4.78 is 1.53. The summed E-state index contributed by atoms with van der Waals surface area (Å²) >= 11 is 0. The molecule has 0 unspecified atom stereocenters. The number of aromatic nitrogens is 2. The maximum absolute atomic E-state index is 11.8. The Labute approximate surface area is 103 Å². The maximum atomic E-state index is 11.8. The minimum absolute atomic E-state index is 0.0290. The quantitative estimate of drug-likeness (QED) is 0.649. The van der Waals surface area contributed by atoms with Crippen molar-refractivity contribution in [3.63, 3.8) is 0 Å². The van der Waals surface area contributed by atoms with E-state index in [1.165, 1.54) is 16.8 Å². The molecule has 0 bridgehead atoms. The Hall–Kier alpha value is -1.40. The van der Waals surface area contributed by atoms with Crippen LogP contribution < -0.4 is 11.2 Å². The molecule has 1 aromatic rings. The molecule has 18 heavy (non-hydrogen) atoms. The van der Waals surface area contributed by atoms with Gasteiger partial charge in [0, 0.05) is 36.9 Å². The zero-order valence-electron chi connectivity index (χ0n) is 9.87. The van der Waals surface area contributed by atoms with Crippen LogP contribution in [0.1, 0.15) is 18.9 Å². The lowest BCUT2D eigenvalue weighted by Crippen LogP contribution is -2.31. The molecule has 2 aliphatic rings. The number of fused-ring (bicyclic) bond motifs is 1. The first-order valence-electron chi connectivity index (χ1n) is 6.15. The van der Waals surface area contributed by atoms with Crippen LogP contribution in [0.15, 0.2) is 21.9 Å². The van der Waals surface area contributed by atoms with Gasteiger partial charge in [-0.2, -0.15) is 0 Å². The fourth-order valence-electron chi connectivity index (χ4n) is 3.59. The summed E-state index contributed by atoms with van der Waals surface area (Å²) in [6.45, 7) is 0.0865. The van der Waals surface area contributed by atoms with E-state index in [0.29, 0.717) is 6.42 Å². The lowest BCUT2D eigenvalue weighted by atomic mass is 9.92. The first-order valence-corrected chi connectivity index (χ1v) is 6.15. The number of aliphatic hydroxyl groups excluding tert-OH is 2. The highest BCUT2D eigenvalue weighted by Crippen LogP contribution is 2.69. The topological polar surface area (TPSA) is 95.3 Å². The Morgan fingerprint density at radius 1 is 1.44 bits per heavy atom. The molecule has 0 spiro atoms. The molecule has 98 valence electrons. The highest BCUT2D eigenvalue weighted by molar-refractivity contribution is 5.16. The zero-order chi connectivity index (χ0) is 12.9. The molecule has 0 amide bonds. The standard InChI is InChI=1S/C12H16N2O4/c15-5-7-3-9(8-4-12(7,8)6-16)14-2-1-10(17)13-11(14)18/h1-2,7-9,15-16H,3-6H2,(H,13,17,18)/t7-,8-,9+,12-/m1/s1. The maximum Gasteiger partial charge on any atom is 0.328 e. The van der Waals surface area contributed by atoms with E-state index in [1.807, 2.05) is 0 Å². The molecule has 2 fully saturated rings. The number of hydrogen-bond donors (Lipinski definition) is 3. The third kappa shape index (κ3) is 1.42. The van der Waals surface area contributed by atoms with Gasteiger partial charge < -0.3 is 10.2 Å². The third-order valence-electron chi connectivity index (χ3n) is 4.71. The summed E-state index contributed by atoms with van der Waals surface area (Å²) in [6.07, 6.45) is 3.02. The Bertz CT molecular complexity index is 578. The first-order chi connectivity index (χ1) is 8.62. The van der Waals surface area contributed by atoms with E-state index in [2.05, 4.69) is 4.98 Å². The summed E-state index contributed by atoms with van der Waals surface area (Å²) in [7, 11) is 0. The summed E-state index contributed by atoms with van der Waals surface area (Å²) in [5, 5.41) is 18.9. The van der Waals surface area contributed by atoms with Gasteiger partial charge in [-0.05, 0) is 24.7 Å². The molecule has 0 aromatic carbocycles. The highest BCUT2D eigenvalue weighted by Gasteiger charge is 2.66. The van der Waals surface area contributed by atoms with Crippen LogP contribution in [0.2, 0.25) is 0 Å². The molecule has 0 radical (unpaired) electrons. The third-order valence-corrected chi connectivity index (χ3v) is 4.71. The molecule has 0 saturated heterocycles. The average molecular weight is 252 g/mol. The smallest absolute Gasteiger partial charge is 0.328 e. The summed E-state index contributed by atoms with van der Waals surface area (Å²) in [4.78, 5) is 25.0. The van der Waals surface area contributed by atoms with E-state index in [9.17, 15) is 19.8 Å². The van der Waals surface area contributed by atoms with Gasteiger partial charge in [-0.3, -0.25) is 14.3 Å². The highest BCUT2D eigenvalue weighted by atomic mass is 16.3.